The van der Waals surface area contributed by atoms with Crippen molar-refractivity contribution in [2.75, 3.05) is 5.43 Å². The second-order valence-electron chi connectivity index (χ2n) is 2.31. The van der Waals surface area contributed by atoms with Crippen LogP contribution in [0.1, 0.15) is 0 Å². The van der Waals surface area contributed by atoms with Crippen LogP contribution in [-0.2, 0) is 0 Å². The van der Waals surface area contributed by atoms with Crippen LogP contribution in [0, 0.1) is 0 Å². The second kappa shape index (κ2) is 4.05. The third-order valence-electron chi connectivity index (χ3n) is 1.34. The van der Waals surface area contributed by atoms with Gasteiger partial charge in [-0.1, -0.05) is 6.07 Å². The van der Waals surface area contributed by atoms with Crippen LogP contribution in [0.2, 0.25) is 0 Å². The summed E-state index contributed by atoms with van der Waals surface area (Å²) in [5, 5.41) is 0. The van der Waals surface area contributed by atoms with Gasteiger partial charge in [0, 0.05) is 0 Å². The van der Waals surface area contributed by atoms with Crippen molar-refractivity contribution in [2.45, 2.75) is 6.36 Å². The number of hydrogen-bond donors (Lipinski definition) is 2. The van der Waals surface area contributed by atoms with Gasteiger partial charge in [-0.3, -0.25) is 5.84 Å². The standard InChI is InChI=1S/C7H6BrF3N2O/c8-6-4(13-12)2-1-3-5(6)14-7(9,10)11/h1-3,13H,12H2. The van der Waals surface area contributed by atoms with Crippen molar-refractivity contribution >= 4 is 21.6 Å². The highest BCUT2D eigenvalue weighted by Crippen LogP contribution is 2.35. The number of rotatable bonds is 2. The van der Waals surface area contributed by atoms with E-state index in [1.165, 1.54) is 18.2 Å². The molecule has 7 heteroatoms. The molecule has 0 aromatic heterocycles. The zero-order valence-corrected chi connectivity index (χ0v) is 8.32. The minimum absolute atomic E-state index is 0.125. The van der Waals surface area contributed by atoms with Gasteiger partial charge < -0.3 is 10.2 Å². The molecule has 0 bridgehead atoms. The molecule has 1 rings (SSSR count). The van der Waals surface area contributed by atoms with E-state index in [0.29, 0.717) is 5.69 Å². The fraction of sp³-hybridized carbons (Fsp3) is 0.143. The minimum atomic E-state index is -4.71. The highest BCUT2D eigenvalue weighted by molar-refractivity contribution is 9.10. The molecule has 0 fully saturated rings. The molecule has 78 valence electrons. The summed E-state index contributed by atoms with van der Waals surface area (Å²) in [5.41, 5.74) is 2.54. The molecule has 0 spiro atoms. The van der Waals surface area contributed by atoms with E-state index in [9.17, 15) is 13.2 Å². The normalized spacial score (nSPS) is 11.2. The number of hydrazine groups is 1. The van der Waals surface area contributed by atoms with Crippen molar-refractivity contribution in [3.63, 3.8) is 0 Å². The van der Waals surface area contributed by atoms with E-state index in [4.69, 9.17) is 5.84 Å². The first-order valence-electron chi connectivity index (χ1n) is 3.45. The Morgan fingerprint density at radius 2 is 2.00 bits per heavy atom. The number of hydrogen-bond acceptors (Lipinski definition) is 3. The highest BCUT2D eigenvalue weighted by Gasteiger charge is 2.32. The number of nitrogens with two attached hydrogens (primary N) is 1. The highest BCUT2D eigenvalue weighted by atomic mass is 79.9. The summed E-state index contributed by atoms with van der Waals surface area (Å²) < 4.78 is 39.4. The number of nitrogens with one attached hydrogen (secondary N) is 1. The maximum absolute atomic E-state index is 11.9. The van der Waals surface area contributed by atoms with Crippen LogP contribution in [0.25, 0.3) is 0 Å². The lowest BCUT2D eigenvalue weighted by atomic mass is 10.3. The number of anilines is 1. The van der Waals surface area contributed by atoms with E-state index in [2.05, 4.69) is 26.1 Å². The fourth-order valence-corrected chi connectivity index (χ4v) is 1.29. The summed E-state index contributed by atoms with van der Waals surface area (Å²) in [6, 6.07) is 4.08. The zero-order chi connectivity index (χ0) is 10.8. The molecule has 0 heterocycles. The Labute approximate surface area is 86.1 Å². The Morgan fingerprint density at radius 3 is 2.50 bits per heavy atom. The average Bonchev–Trinajstić information content (AvgIpc) is 2.06. The van der Waals surface area contributed by atoms with E-state index >= 15 is 0 Å². The molecule has 3 N–H and O–H groups in total. The summed E-state index contributed by atoms with van der Waals surface area (Å²) in [6.07, 6.45) is -4.71. The molecule has 0 saturated heterocycles. The van der Waals surface area contributed by atoms with Crippen LogP contribution in [-0.4, -0.2) is 6.36 Å². The smallest absolute Gasteiger partial charge is 0.405 e. The Morgan fingerprint density at radius 1 is 1.36 bits per heavy atom. The molecule has 0 aliphatic heterocycles. The number of ether oxygens (including phenoxy) is 1. The van der Waals surface area contributed by atoms with Crippen molar-refractivity contribution in [2.24, 2.45) is 5.84 Å². The molecule has 14 heavy (non-hydrogen) atoms. The van der Waals surface area contributed by atoms with Gasteiger partial charge >= 0.3 is 6.36 Å². The van der Waals surface area contributed by atoms with Gasteiger partial charge in [-0.15, -0.1) is 13.2 Å². The molecular weight excluding hydrogens is 265 g/mol. The van der Waals surface area contributed by atoms with Crippen molar-refractivity contribution in [1.29, 1.82) is 0 Å². The van der Waals surface area contributed by atoms with Gasteiger partial charge in [0.2, 0.25) is 0 Å². The van der Waals surface area contributed by atoms with E-state index in [1.807, 2.05) is 0 Å². The third kappa shape index (κ3) is 2.78. The summed E-state index contributed by atoms with van der Waals surface area (Å²) in [4.78, 5) is 0. The van der Waals surface area contributed by atoms with Gasteiger partial charge in [0.05, 0.1) is 10.2 Å². The lowest BCUT2D eigenvalue weighted by Crippen LogP contribution is -2.18. The monoisotopic (exact) mass is 270 g/mol. The molecule has 1 aromatic carbocycles. The molecular formula is C7H6BrF3N2O. The molecule has 0 atom stereocenters. The van der Waals surface area contributed by atoms with Crippen LogP contribution >= 0.6 is 15.9 Å². The predicted octanol–water partition coefficient (Wildman–Crippen LogP) is 2.63. The van der Waals surface area contributed by atoms with Gasteiger partial charge in [0.25, 0.3) is 0 Å². The number of nitrogen functional groups attached to an aromatic ring is 1. The Balaban J connectivity index is 2.98. The molecule has 0 radical (unpaired) electrons. The third-order valence-corrected chi connectivity index (χ3v) is 2.16. The van der Waals surface area contributed by atoms with E-state index < -0.39 is 6.36 Å². The Bertz CT molecular complexity index is 329. The lowest BCUT2D eigenvalue weighted by molar-refractivity contribution is -0.274. The van der Waals surface area contributed by atoms with Crippen molar-refractivity contribution in [3.05, 3.63) is 22.7 Å². The number of benzene rings is 1. The first kappa shape index (κ1) is 11.1. The summed E-state index contributed by atoms with van der Waals surface area (Å²) in [5.74, 6) is 4.73. The number of alkyl halides is 3. The maximum atomic E-state index is 11.9. The van der Waals surface area contributed by atoms with Crippen molar-refractivity contribution < 1.29 is 17.9 Å². The van der Waals surface area contributed by atoms with E-state index in [0.717, 1.165) is 0 Å². The number of halogens is 4. The Kier molecular flexibility index (Phi) is 3.22. The van der Waals surface area contributed by atoms with Gasteiger partial charge in [-0.05, 0) is 28.1 Å². The topological polar surface area (TPSA) is 47.3 Å². The Hall–Kier alpha value is -0.950. The van der Waals surface area contributed by atoms with E-state index in [1.54, 1.807) is 0 Å². The summed E-state index contributed by atoms with van der Waals surface area (Å²) >= 11 is 2.93. The van der Waals surface area contributed by atoms with Crippen LogP contribution in [0.3, 0.4) is 0 Å². The van der Waals surface area contributed by atoms with Gasteiger partial charge in [0.15, 0.2) is 0 Å². The van der Waals surface area contributed by atoms with Gasteiger partial charge in [0.1, 0.15) is 5.75 Å². The van der Waals surface area contributed by atoms with Crippen molar-refractivity contribution in [1.82, 2.24) is 0 Å². The predicted molar refractivity (Wildman–Crippen MR) is 48.6 cm³/mol. The maximum Gasteiger partial charge on any atom is 0.573 e. The van der Waals surface area contributed by atoms with E-state index in [-0.39, 0.29) is 10.2 Å². The molecule has 0 unspecified atom stereocenters. The average molecular weight is 271 g/mol. The SMILES string of the molecule is NNc1cccc(OC(F)(F)F)c1Br. The quantitative estimate of drug-likeness (QED) is 0.642. The largest absolute Gasteiger partial charge is 0.573 e. The second-order valence-corrected chi connectivity index (χ2v) is 3.10. The van der Waals surface area contributed by atoms with Crippen molar-refractivity contribution in [3.8, 4) is 5.75 Å². The molecule has 0 amide bonds. The summed E-state index contributed by atoms with van der Waals surface area (Å²) in [7, 11) is 0. The zero-order valence-electron chi connectivity index (χ0n) is 6.73. The van der Waals surface area contributed by atoms with Crippen LogP contribution in [0.15, 0.2) is 22.7 Å². The molecule has 0 aliphatic rings. The molecule has 0 saturated carbocycles. The van der Waals surface area contributed by atoms with Gasteiger partial charge in [-0.25, -0.2) is 0 Å². The molecule has 3 nitrogen and oxygen atoms in total. The van der Waals surface area contributed by atoms with Crippen LogP contribution in [0.4, 0.5) is 18.9 Å². The van der Waals surface area contributed by atoms with Crippen LogP contribution < -0.4 is 16.0 Å². The first-order valence-corrected chi connectivity index (χ1v) is 4.24. The first-order chi connectivity index (χ1) is 6.44. The minimum Gasteiger partial charge on any atom is -0.405 e. The van der Waals surface area contributed by atoms with Gasteiger partial charge in [-0.2, -0.15) is 0 Å². The lowest BCUT2D eigenvalue weighted by Gasteiger charge is -2.12. The fourth-order valence-electron chi connectivity index (χ4n) is 0.826. The van der Waals surface area contributed by atoms with Crippen LogP contribution in [0.5, 0.6) is 5.75 Å². The molecule has 1 aromatic rings. The molecule has 0 aliphatic carbocycles. The summed E-state index contributed by atoms with van der Waals surface area (Å²) in [6.45, 7) is 0.